The minimum Gasteiger partial charge on any atom is -0.421 e. The molecule has 0 fully saturated rings. The third-order valence-electron chi connectivity index (χ3n) is 2.66. The van der Waals surface area contributed by atoms with E-state index in [4.69, 9.17) is 27.9 Å². The van der Waals surface area contributed by atoms with E-state index in [1.807, 2.05) is 25.1 Å². The van der Waals surface area contributed by atoms with Crippen molar-refractivity contribution in [2.24, 2.45) is 0 Å². The highest BCUT2D eigenvalue weighted by Gasteiger charge is 2.10. The quantitative estimate of drug-likeness (QED) is 0.385. The summed E-state index contributed by atoms with van der Waals surface area (Å²) in [4.78, 5) is 11.8. The maximum absolute atomic E-state index is 11.8. The Morgan fingerprint density at radius 1 is 1.24 bits per heavy atom. The van der Waals surface area contributed by atoms with Gasteiger partial charge >= 0.3 is 5.97 Å². The zero-order valence-corrected chi connectivity index (χ0v) is 14.2. The van der Waals surface area contributed by atoms with Crippen LogP contribution in [0.4, 0.5) is 0 Å². The number of hydrogen-bond donors (Lipinski definition) is 0. The van der Waals surface area contributed by atoms with Gasteiger partial charge in [-0.2, -0.15) is 0 Å². The summed E-state index contributed by atoms with van der Waals surface area (Å²) in [5, 5.41) is 0.990. The van der Waals surface area contributed by atoms with E-state index in [-0.39, 0.29) is 0 Å². The van der Waals surface area contributed by atoms with E-state index in [9.17, 15) is 4.79 Å². The molecule has 0 atom stereocenters. The zero-order chi connectivity index (χ0) is 15.4. The van der Waals surface area contributed by atoms with E-state index < -0.39 is 5.97 Å². The second-order valence-corrected chi connectivity index (χ2v) is 6.10. The van der Waals surface area contributed by atoms with Crippen LogP contribution in [0, 0.1) is 6.92 Å². The van der Waals surface area contributed by atoms with Crippen molar-refractivity contribution in [3.8, 4) is 5.75 Å². The Hall–Kier alpha value is -1.29. The molecule has 21 heavy (non-hydrogen) atoms. The summed E-state index contributed by atoms with van der Waals surface area (Å²) in [7, 11) is 0. The molecule has 2 rings (SSSR count). The number of hydrogen-bond acceptors (Lipinski definition) is 2. The first-order valence-electron chi connectivity index (χ1n) is 6.07. The molecule has 0 aliphatic rings. The van der Waals surface area contributed by atoms with Gasteiger partial charge < -0.3 is 4.74 Å². The summed E-state index contributed by atoms with van der Waals surface area (Å²) in [5.74, 6) is -0.136. The highest BCUT2D eigenvalue weighted by molar-refractivity contribution is 9.10. The normalized spacial score (nSPS) is 10.9. The number of carbonyl (C=O) groups is 1. The largest absolute Gasteiger partial charge is 0.421 e. The lowest BCUT2D eigenvalue weighted by Crippen LogP contribution is -2.05. The van der Waals surface area contributed by atoms with Crippen LogP contribution >= 0.6 is 39.1 Å². The van der Waals surface area contributed by atoms with Crippen molar-refractivity contribution in [3.63, 3.8) is 0 Å². The van der Waals surface area contributed by atoms with Crippen molar-refractivity contribution >= 4 is 51.2 Å². The second-order valence-electron chi connectivity index (χ2n) is 4.34. The number of benzene rings is 2. The first-order valence-corrected chi connectivity index (χ1v) is 7.61. The van der Waals surface area contributed by atoms with Crippen LogP contribution in [0.3, 0.4) is 0 Å². The summed E-state index contributed by atoms with van der Waals surface area (Å²) in [6.07, 6.45) is 2.97. The zero-order valence-electron chi connectivity index (χ0n) is 11.1. The fourth-order valence-corrected chi connectivity index (χ4v) is 2.94. The number of rotatable bonds is 3. The first-order chi connectivity index (χ1) is 9.95. The van der Waals surface area contributed by atoms with Gasteiger partial charge in [0.15, 0.2) is 5.75 Å². The Kier molecular flexibility index (Phi) is 5.45. The summed E-state index contributed by atoms with van der Waals surface area (Å²) in [5.41, 5.74) is 1.59. The molecule has 0 aliphatic heterocycles. The molecule has 0 heterocycles. The fraction of sp³-hybridized carbons (Fsp3) is 0.0625. The van der Waals surface area contributed by atoms with Crippen LogP contribution in [0.25, 0.3) is 6.08 Å². The lowest BCUT2D eigenvalue weighted by molar-refractivity contribution is -0.128. The van der Waals surface area contributed by atoms with Gasteiger partial charge in [0.2, 0.25) is 0 Å². The molecule has 2 aromatic carbocycles. The van der Waals surface area contributed by atoms with E-state index in [1.54, 1.807) is 24.3 Å². The third-order valence-corrected chi connectivity index (χ3v) is 3.63. The van der Waals surface area contributed by atoms with Gasteiger partial charge in [-0.1, -0.05) is 51.3 Å². The molecule has 0 aromatic heterocycles. The van der Waals surface area contributed by atoms with Crippen molar-refractivity contribution in [1.29, 1.82) is 0 Å². The lowest BCUT2D eigenvalue weighted by Gasteiger charge is -2.08. The van der Waals surface area contributed by atoms with Crippen LogP contribution in [-0.4, -0.2) is 5.97 Å². The third kappa shape index (κ3) is 4.60. The lowest BCUT2D eigenvalue weighted by atomic mass is 10.2. The predicted molar refractivity (Wildman–Crippen MR) is 90.0 cm³/mol. The molecule has 0 bridgehead atoms. The van der Waals surface area contributed by atoms with E-state index in [0.29, 0.717) is 15.8 Å². The highest BCUT2D eigenvalue weighted by atomic mass is 79.9. The molecule has 108 valence electrons. The number of aryl methyl sites for hydroxylation is 1. The molecule has 0 aliphatic carbocycles. The highest BCUT2D eigenvalue weighted by Crippen LogP contribution is 2.32. The molecule has 0 N–H and O–H groups in total. The number of halogens is 3. The maximum atomic E-state index is 11.8. The van der Waals surface area contributed by atoms with Gasteiger partial charge in [-0.3, -0.25) is 0 Å². The van der Waals surface area contributed by atoms with E-state index in [0.717, 1.165) is 15.6 Å². The minimum absolute atomic E-state index is 0.362. The Labute approximate surface area is 141 Å². The molecule has 0 saturated carbocycles. The molecule has 5 heteroatoms. The van der Waals surface area contributed by atoms with Crippen LogP contribution < -0.4 is 4.74 Å². The van der Waals surface area contributed by atoms with Crippen LogP contribution in [0.15, 0.2) is 46.9 Å². The van der Waals surface area contributed by atoms with Crippen molar-refractivity contribution in [3.05, 3.63) is 68.1 Å². The molecule has 0 amide bonds. The monoisotopic (exact) mass is 384 g/mol. The van der Waals surface area contributed by atoms with Gasteiger partial charge in [-0.05, 0) is 48.4 Å². The van der Waals surface area contributed by atoms with E-state index in [1.165, 1.54) is 6.08 Å². The molecule has 0 radical (unpaired) electrons. The van der Waals surface area contributed by atoms with Crippen LogP contribution in [0.5, 0.6) is 5.75 Å². The molecule has 0 saturated heterocycles. The van der Waals surface area contributed by atoms with Crippen molar-refractivity contribution in [2.45, 2.75) is 6.92 Å². The molecule has 2 nitrogen and oxygen atoms in total. The molecule has 0 spiro atoms. The SMILES string of the molecule is Cc1cc(Br)cc(Cl)c1OC(=O)C=Cc1cccc(Cl)c1. The van der Waals surface area contributed by atoms with Crippen LogP contribution in [0.1, 0.15) is 11.1 Å². The van der Waals surface area contributed by atoms with Crippen molar-refractivity contribution in [2.75, 3.05) is 0 Å². The molecule has 2 aromatic rings. The number of carbonyl (C=O) groups excluding carboxylic acids is 1. The molecular formula is C16H11BrCl2O2. The standard InChI is InChI=1S/C16H11BrCl2O2/c1-10-7-12(17)9-14(19)16(10)21-15(20)6-5-11-3-2-4-13(18)8-11/h2-9H,1H3. The van der Waals surface area contributed by atoms with Crippen LogP contribution in [-0.2, 0) is 4.79 Å². The van der Waals surface area contributed by atoms with Crippen molar-refractivity contribution < 1.29 is 9.53 Å². The number of esters is 1. The summed E-state index contributed by atoms with van der Waals surface area (Å²) < 4.78 is 6.10. The van der Waals surface area contributed by atoms with Crippen molar-refractivity contribution in [1.82, 2.24) is 0 Å². The average molecular weight is 386 g/mol. The predicted octanol–water partition coefficient (Wildman–Crippen LogP) is 5.68. The topological polar surface area (TPSA) is 26.3 Å². The maximum Gasteiger partial charge on any atom is 0.336 e. The fourth-order valence-electron chi connectivity index (χ4n) is 1.73. The van der Waals surface area contributed by atoms with E-state index >= 15 is 0 Å². The Bertz CT molecular complexity index is 688. The summed E-state index contributed by atoms with van der Waals surface area (Å²) >= 11 is 15.3. The average Bonchev–Trinajstić information content (AvgIpc) is 2.40. The van der Waals surface area contributed by atoms with Gasteiger partial charge in [0.05, 0.1) is 5.02 Å². The Morgan fingerprint density at radius 3 is 2.67 bits per heavy atom. The minimum atomic E-state index is -0.498. The van der Waals surface area contributed by atoms with E-state index in [2.05, 4.69) is 15.9 Å². The van der Waals surface area contributed by atoms with Crippen LogP contribution in [0.2, 0.25) is 10.0 Å². The van der Waals surface area contributed by atoms with Gasteiger partial charge in [0.25, 0.3) is 0 Å². The molecule has 0 unspecified atom stereocenters. The summed E-state index contributed by atoms with van der Waals surface area (Å²) in [6.45, 7) is 1.82. The van der Waals surface area contributed by atoms with Gasteiger partial charge in [-0.15, -0.1) is 0 Å². The van der Waals surface area contributed by atoms with Gasteiger partial charge in [0.1, 0.15) is 0 Å². The number of ether oxygens (including phenoxy) is 1. The van der Waals surface area contributed by atoms with Gasteiger partial charge in [-0.25, -0.2) is 4.79 Å². The smallest absolute Gasteiger partial charge is 0.336 e. The first kappa shape index (κ1) is 16.1. The molecular weight excluding hydrogens is 375 g/mol. The second kappa shape index (κ2) is 7.12. The Balaban J connectivity index is 2.12. The Morgan fingerprint density at radius 2 is 2.00 bits per heavy atom. The summed E-state index contributed by atoms with van der Waals surface area (Å²) in [6, 6.07) is 10.7. The van der Waals surface area contributed by atoms with Gasteiger partial charge in [0, 0.05) is 15.6 Å².